The molecule has 0 aliphatic carbocycles. The second-order valence-corrected chi connectivity index (χ2v) is 5.59. The summed E-state index contributed by atoms with van der Waals surface area (Å²) in [6.07, 6.45) is 3.46. The Morgan fingerprint density at radius 3 is 2.79 bits per heavy atom. The molecule has 1 amide bonds. The van der Waals surface area contributed by atoms with Crippen molar-refractivity contribution in [2.75, 3.05) is 6.61 Å². The summed E-state index contributed by atoms with van der Waals surface area (Å²) < 4.78 is 10.7. The van der Waals surface area contributed by atoms with Crippen molar-refractivity contribution in [3.8, 4) is 0 Å². The van der Waals surface area contributed by atoms with Gasteiger partial charge in [0, 0.05) is 17.5 Å². The first kappa shape index (κ1) is 16.1. The van der Waals surface area contributed by atoms with Crippen molar-refractivity contribution in [2.45, 2.75) is 25.4 Å². The molecule has 1 atom stereocenters. The van der Waals surface area contributed by atoms with Gasteiger partial charge >= 0.3 is 5.97 Å². The van der Waals surface area contributed by atoms with Gasteiger partial charge in [0.2, 0.25) is 0 Å². The van der Waals surface area contributed by atoms with Crippen LogP contribution < -0.4 is 0 Å². The lowest BCUT2D eigenvalue weighted by atomic mass is 9.86. The fourth-order valence-electron chi connectivity index (χ4n) is 3.24. The molecule has 5 heteroatoms. The van der Waals surface area contributed by atoms with Crippen molar-refractivity contribution in [1.82, 2.24) is 4.90 Å². The molecule has 1 aliphatic rings. The Hall–Kier alpha value is -2.82. The predicted molar refractivity (Wildman–Crippen MR) is 88.1 cm³/mol. The zero-order valence-corrected chi connectivity index (χ0v) is 13.5. The second kappa shape index (κ2) is 6.35. The number of hydrogen-bond acceptors (Lipinski definition) is 4. The number of ether oxygens (including phenoxy) is 1. The highest BCUT2D eigenvalue weighted by Gasteiger charge is 2.55. The van der Waals surface area contributed by atoms with Gasteiger partial charge < -0.3 is 14.1 Å². The van der Waals surface area contributed by atoms with Crippen LogP contribution in [0, 0.1) is 0 Å². The molecule has 3 rings (SSSR count). The van der Waals surface area contributed by atoms with Gasteiger partial charge in [-0.25, -0.2) is 4.79 Å². The van der Waals surface area contributed by atoms with Crippen LogP contribution in [0.2, 0.25) is 0 Å². The van der Waals surface area contributed by atoms with Crippen LogP contribution >= 0.6 is 0 Å². The smallest absolute Gasteiger partial charge is 0.337 e. The van der Waals surface area contributed by atoms with Gasteiger partial charge in [-0.2, -0.15) is 0 Å². The van der Waals surface area contributed by atoms with Gasteiger partial charge in [0.1, 0.15) is 5.76 Å². The van der Waals surface area contributed by atoms with Crippen molar-refractivity contribution in [2.24, 2.45) is 0 Å². The zero-order chi connectivity index (χ0) is 17.2. The molecule has 0 saturated carbocycles. The van der Waals surface area contributed by atoms with Gasteiger partial charge in [-0.1, -0.05) is 24.3 Å². The molecular formula is C19H19NO4. The minimum absolute atomic E-state index is 0.188. The number of nitrogens with zero attached hydrogens (tertiary/aromatic N) is 1. The van der Waals surface area contributed by atoms with Crippen molar-refractivity contribution in [1.29, 1.82) is 0 Å². The number of carbonyl (C=O) groups is 2. The summed E-state index contributed by atoms with van der Waals surface area (Å²) in [5, 5.41) is 0. The van der Waals surface area contributed by atoms with Crippen LogP contribution in [0.1, 0.15) is 35.0 Å². The van der Waals surface area contributed by atoms with E-state index in [1.807, 2.05) is 6.07 Å². The minimum Gasteiger partial charge on any atom is -0.467 e. The Morgan fingerprint density at radius 1 is 1.33 bits per heavy atom. The lowest BCUT2D eigenvalue weighted by molar-refractivity contribution is -0.157. The van der Waals surface area contributed by atoms with Crippen LogP contribution in [-0.4, -0.2) is 23.4 Å². The van der Waals surface area contributed by atoms with E-state index in [4.69, 9.17) is 9.15 Å². The number of hydrogen-bond donors (Lipinski definition) is 0. The maximum absolute atomic E-state index is 13.0. The number of rotatable bonds is 6. The lowest BCUT2D eigenvalue weighted by Crippen LogP contribution is -2.50. The van der Waals surface area contributed by atoms with Crippen LogP contribution in [-0.2, 0) is 21.6 Å². The molecule has 2 heterocycles. The van der Waals surface area contributed by atoms with E-state index in [0.717, 1.165) is 0 Å². The number of furan rings is 1. The number of carbonyl (C=O) groups excluding carboxylic acids is 2. The molecule has 5 nitrogen and oxygen atoms in total. The summed E-state index contributed by atoms with van der Waals surface area (Å²) >= 11 is 0. The van der Waals surface area contributed by atoms with Crippen LogP contribution in [0.15, 0.2) is 59.7 Å². The van der Waals surface area contributed by atoms with E-state index in [-0.39, 0.29) is 25.5 Å². The molecule has 0 radical (unpaired) electrons. The minimum atomic E-state index is -1.21. The highest BCUT2D eigenvalue weighted by Crippen LogP contribution is 2.44. The summed E-state index contributed by atoms with van der Waals surface area (Å²) in [4.78, 5) is 27.4. The molecule has 1 aliphatic heterocycles. The second-order valence-electron chi connectivity index (χ2n) is 5.59. The molecular weight excluding hydrogens is 306 g/mol. The topological polar surface area (TPSA) is 59.8 Å². The number of amides is 1. The third kappa shape index (κ3) is 2.33. The van der Waals surface area contributed by atoms with Gasteiger partial charge in [-0.3, -0.25) is 4.79 Å². The van der Waals surface area contributed by atoms with E-state index in [2.05, 4.69) is 6.58 Å². The first-order chi connectivity index (χ1) is 11.6. The van der Waals surface area contributed by atoms with Gasteiger partial charge in [-0.15, -0.1) is 6.58 Å². The molecule has 0 bridgehead atoms. The Bertz CT molecular complexity index is 765. The SMILES string of the molecule is C=CCC1(C(=O)OCC)c2ccccc2C(=O)N1Cc1ccco1. The zero-order valence-electron chi connectivity index (χ0n) is 13.5. The fourth-order valence-corrected chi connectivity index (χ4v) is 3.24. The van der Waals surface area contributed by atoms with E-state index < -0.39 is 11.5 Å². The Balaban J connectivity index is 2.15. The quantitative estimate of drug-likeness (QED) is 0.604. The maximum atomic E-state index is 13.0. The van der Waals surface area contributed by atoms with Crippen LogP contribution in [0.4, 0.5) is 0 Å². The van der Waals surface area contributed by atoms with Gasteiger partial charge in [0.05, 0.1) is 19.4 Å². The summed E-state index contributed by atoms with van der Waals surface area (Å²) in [7, 11) is 0. The van der Waals surface area contributed by atoms with Gasteiger partial charge in [0.25, 0.3) is 5.91 Å². The monoisotopic (exact) mass is 325 g/mol. The first-order valence-electron chi connectivity index (χ1n) is 7.87. The lowest BCUT2D eigenvalue weighted by Gasteiger charge is -2.35. The molecule has 0 fully saturated rings. The Morgan fingerprint density at radius 2 is 2.12 bits per heavy atom. The highest BCUT2D eigenvalue weighted by molar-refractivity contribution is 6.05. The molecule has 124 valence electrons. The predicted octanol–water partition coefficient (Wildman–Crippen LogP) is 3.27. The van der Waals surface area contributed by atoms with E-state index >= 15 is 0 Å². The largest absolute Gasteiger partial charge is 0.467 e. The summed E-state index contributed by atoms with van der Waals surface area (Å²) in [5.74, 6) is -0.0550. The highest BCUT2D eigenvalue weighted by atomic mass is 16.5. The molecule has 24 heavy (non-hydrogen) atoms. The van der Waals surface area contributed by atoms with E-state index in [1.165, 1.54) is 4.90 Å². The van der Waals surface area contributed by atoms with E-state index in [9.17, 15) is 9.59 Å². The third-order valence-electron chi connectivity index (χ3n) is 4.26. The first-order valence-corrected chi connectivity index (χ1v) is 7.87. The van der Waals surface area contributed by atoms with Gasteiger partial charge in [-0.05, 0) is 25.1 Å². The molecule has 0 saturated heterocycles. The van der Waals surface area contributed by atoms with Crippen LogP contribution in [0.5, 0.6) is 0 Å². The number of esters is 1. The number of fused-ring (bicyclic) bond motifs is 1. The molecule has 0 spiro atoms. The average Bonchev–Trinajstić information content (AvgIpc) is 3.17. The summed E-state index contributed by atoms with van der Waals surface area (Å²) in [5.41, 5.74) is -0.0445. The Kier molecular flexibility index (Phi) is 4.25. The third-order valence-corrected chi connectivity index (χ3v) is 4.26. The van der Waals surface area contributed by atoms with Gasteiger partial charge in [0.15, 0.2) is 5.54 Å². The average molecular weight is 325 g/mol. The molecule has 1 aromatic heterocycles. The van der Waals surface area contributed by atoms with Crippen molar-refractivity contribution >= 4 is 11.9 Å². The summed E-state index contributed by atoms with van der Waals surface area (Å²) in [6, 6.07) is 10.7. The molecule has 2 aromatic rings. The van der Waals surface area contributed by atoms with Crippen LogP contribution in [0.3, 0.4) is 0 Å². The Labute approximate surface area is 140 Å². The normalized spacial score (nSPS) is 19.2. The number of benzene rings is 1. The van der Waals surface area contributed by atoms with Crippen molar-refractivity contribution in [3.63, 3.8) is 0 Å². The molecule has 0 N–H and O–H groups in total. The maximum Gasteiger partial charge on any atom is 0.337 e. The van der Waals surface area contributed by atoms with Crippen LogP contribution in [0.25, 0.3) is 0 Å². The van der Waals surface area contributed by atoms with Crippen molar-refractivity contribution < 1.29 is 18.7 Å². The fraction of sp³-hybridized carbons (Fsp3) is 0.263. The van der Waals surface area contributed by atoms with E-state index in [0.29, 0.717) is 16.9 Å². The summed E-state index contributed by atoms with van der Waals surface area (Å²) in [6.45, 7) is 5.95. The van der Waals surface area contributed by atoms with E-state index in [1.54, 1.807) is 49.6 Å². The molecule has 1 aromatic carbocycles. The standard InChI is InChI=1S/C19H19NO4/c1-3-11-19(18(22)23-4-2)16-10-6-5-9-15(16)17(21)20(19)13-14-8-7-12-24-14/h3,5-10,12H,1,4,11,13H2,2H3. The van der Waals surface area contributed by atoms with Crippen molar-refractivity contribution in [3.05, 3.63) is 72.2 Å². The molecule has 1 unspecified atom stereocenters.